The highest BCUT2D eigenvalue weighted by Crippen LogP contribution is 2.30. The lowest BCUT2D eigenvalue weighted by molar-refractivity contribution is 0.0952. The quantitative estimate of drug-likeness (QED) is 0.441. The molecule has 0 fully saturated rings. The Hall–Kier alpha value is -2.20. The van der Waals surface area contributed by atoms with Crippen molar-refractivity contribution < 1.29 is 14.3 Å². The summed E-state index contributed by atoms with van der Waals surface area (Å²) in [5.41, 5.74) is 0.453. The maximum absolute atomic E-state index is 12.9. The minimum atomic E-state index is -0.510. The molecule has 1 aromatic heterocycles. The zero-order valence-electron chi connectivity index (χ0n) is 12.7. The molecule has 2 heterocycles. The van der Waals surface area contributed by atoms with Crippen molar-refractivity contribution in [1.29, 1.82) is 0 Å². The molecule has 0 amide bonds. The van der Waals surface area contributed by atoms with Gasteiger partial charge in [-0.1, -0.05) is 0 Å². The van der Waals surface area contributed by atoms with Gasteiger partial charge in [0.25, 0.3) is 11.5 Å². The van der Waals surface area contributed by atoms with E-state index >= 15 is 0 Å². The molecule has 1 N–H and O–H groups in total. The summed E-state index contributed by atoms with van der Waals surface area (Å²) in [4.78, 5) is 28.6. The van der Waals surface area contributed by atoms with Crippen molar-refractivity contribution >= 4 is 51.6 Å². The number of ether oxygens (including phenoxy) is 2. The third-order valence-electron chi connectivity index (χ3n) is 3.85. The Morgan fingerprint density at radius 3 is 2.68 bits per heavy atom. The summed E-state index contributed by atoms with van der Waals surface area (Å²) in [6, 6.07) is 10.2. The lowest BCUT2D eigenvalue weighted by Crippen LogP contribution is -2.29. The zero-order valence-corrected chi connectivity index (χ0v) is 15.7. The van der Waals surface area contributed by atoms with E-state index in [1.165, 1.54) is 0 Å². The number of hydrogen-bond acceptors (Lipinski definition) is 5. The number of halogens is 1. The van der Waals surface area contributed by atoms with E-state index in [-0.39, 0.29) is 4.77 Å². The number of nitrogens with one attached hydrogen (secondary N) is 1. The van der Waals surface area contributed by atoms with Crippen LogP contribution in [0.4, 0.5) is 0 Å². The van der Waals surface area contributed by atoms with Crippen LogP contribution in [0.25, 0.3) is 10.9 Å². The van der Waals surface area contributed by atoms with Gasteiger partial charge in [0.2, 0.25) is 0 Å². The van der Waals surface area contributed by atoms with Crippen LogP contribution in [-0.2, 0) is 0 Å². The van der Waals surface area contributed by atoms with Gasteiger partial charge in [0.15, 0.2) is 16.3 Å². The van der Waals surface area contributed by atoms with E-state index in [1.54, 1.807) is 30.3 Å². The largest absolute Gasteiger partial charge is 0.486 e. The molecule has 126 valence electrons. The van der Waals surface area contributed by atoms with Crippen LogP contribution in [0.1, 0.15) is 10.4 Å². The van der Waals surface area contributed by atoms with Gasteiger partial charge in [-0.25, -0.2) is 4.57 Å². The Kier molecular flexibility index (Phi) is 4.08. The van der Waals surface area contributed by atoms with Crippen molar-refractivity contribution in [3.8, 4) is 11.5 Å². The first-order chi connectivity index (χ1) is 12.0. The molecular formula is C17H11IN2O4S. The molecule has 3 aromatic rings. The molecular weight excluding hydrogens is 455 g/mol. The van der Waals surface area contributed by atoms with Crippen molar-refractivity contribution in [2.24, 2.45) is 0 Å². The summed E-state index contributed by atoms with van der Waals surface area (Å²) in [5, 5.41) is 0.409. The summed E-state index contributed by atoms with van der Waals surface area (Å²) in [6.45, 7) is 0.882. The third kappa shape index (κ3) is 2.85. The SMILES string of the molecule is O=C(c1ccc2c(c1)OCCO2)n1c(=S)[nH]c2ccc(I)cc2c1=O. The molecule has 8 heteroatoms. The van der Waals surface area contributed by atoms with E-state index in [9.17, 15) is 9.59 Å². The average Bonchev–Trinajstić information content (AvgIpc) is 2.62. The number of hydrogen-bond donors (Lipinski definition) is 1. The molecule has 0 saturated carbocycles. The summed E-state index contributed by atoms with van der Waals surface area (Å²) in [6.07, 6.45) is 0. The van der Waals surface area contributed by atoms with Gasteiger partial charge < -0.3 is 14.5 Å². The summed E-state index contributed by atoms with van der Waals surface area (Å²) in [5.74, 6) is 0.549. The van der Waals surface area contributed by atoms with E-state index < -0.39 is 11.5 Å². The molecule has 6 nitrogen and oxygen atoms in total. The molecule has 25 heavy (non-hydrogen) atoms. The van der Waals surface area contributed by atoms with Crippen LogP contribution in [0.3, 0.4) is 0 Å². The fraction of sp³-hybridized carbons (Fsp3) is 0.118. The van der Waals surface area contributed by atoms with Gasteiger partial charge in [-0.05, 0) is 71.2 Å². The molecule has 0 atom stereocenters. The lowest BCUT2D eigenvalue weighted by atomic mass is 10.1. The van der Waals surface area contributed by atoms with E-state index in [0.29, 0.717) is 41.2 Å². The van der Waals surface area contributed by atoms with Crippen molar-refractivity contribution in [2.45, 2.75) is 0 Å². The molecule has 0 saturated heterocycles. The van der Waals surface area contributed by atoms with Gasteiger partial charge in [0.1, 0.15) is 13.2 Å². The Labute approximate surface area is 160 Å². The number of rotatable bonds is 1. The Balaban J connectivity index is 1.88. The number of aromatic amines is 1. The van der Waals surface area contributed by atoms with Crippen molar-refractivity contribution in [3.05, 3.63) is 60.7 Å². The molecule has 2 aromatic carbocycles. The molecule has 0 unspecified atom stereocenters. The van der Waals surface area contributed by atoms with Crippen LogP contribution in [0, 0.1) is 8.34 Å². The zero-order chi connectivity index (χ0) is 17.6. The Bertz CT molecular complexity index is 1140. The minimum absolute atomic E-state index is 0.0543. The Morgan fingerprint density at radius 2 is 1.88 bits per heavy atom. The standard InChI is InChI=1S/C17H11IN2O4S/c18-10-2-3-12-11(8-10)16(22)20(17(25)19-12)15(21)9-1-4-13-14(7-9)24-6-5-23-13/h1-4,7-8H,5-6H2,(H,19,25). The maximum Gasteiger partial charge on any atom is 0.269 e. The van der Waals surface area contributed by atoms with Gasteiger partial charge in [0, 0.05) is 9.13 Å². The highest BCUT2D eigenvalue weighted by molar-refractivity contribution is 14.1. The number of H-pyrrole nitrogens is 1. The fourth-order valence-electron chi connectivity index (χ4n) is 2.68. The number of carbonyl (C=O) groups is 1. The van der Waals surface area contributed by atoms with E-state index in [1.807, 2.05) is 6.07 Å². The molecule has 0 radical (unpaired) electrons. The number of fused-ring (bicyclic) bond motifs is 2. The van der Waals surface area contributed by atoms with Crippen LogP contribution in [-0.4, -0.2) is 28.7 Å². The van der Waals surface area contributed by atoms with E-state index in [0.717, 1.165) is 8.14 Å². The molecule has 1 aliphatic heterocycles. The fourth-order valence-corrected chi connectivity index (χ4v) is 3.44. The summed E-state index contributed by atoms with van der Waals surface area (Å²) >= 11 is 7.34. The number of nitrogens with zero attached hydrogens (tertiary/aromatic N) is 1. The van der Waals surface area contributed by atoms with Crippen LogP contribution >= 0.6 is 34.8 Å². The second-order valence-electron chi connectivity index (χ2n) is 5.42. The maximum atomic E-state index is 12.9. The molecule has 4 rings (SSSR count). The lowest BCUT2D eigenvalue weighted by Gasteiger charge is -2.18. The number of carbonyl (C=O) groups excluding carboxylic acids is 1. The highest BCUT2D eigenvalue weighted by Gasteiger charge is 2.19. The molecule has 0 spiro atoms. The number of aromatic nitrogens is 2. The smallest absolute Gasteiger partial charge is 0.269 e. The predicted molar refractivity (Wildman–Crippen MR) is 103 cm³/mol. The van der Waals surface area contributed by atoms with Crippen LogP contribution in [0.15, 0.2) is 41.2 Å². The first-order valence-corrected chi connectivity index (χ1v) is 8.92. The normalized spacial score (nSPS) is 13.0. The van der Waals surface area contributed by atoms with E-state index in [4.69, 9.17) is 21.7 Å². The van der Waals surface area contributed by atoms with Gasteiger partial charge in [0.05, 0.1) is 10.9 Å². The first-order valence-electron chi connectivity index (χ1n) is 7.43. The average molecular weight is 466 g/mol. The van der Waals surface area contributed by atoms with Gasteiger partial charge in [-0.3, -0.25) is 9.59 Å². The molecule has 0 aliphatic carbocycles. The first kappa shape index (κ1) is 16.3. The van der Waals surface area contributed by atoms with Crippen molar-refractivity contribution in [1.82, 2.24) is 9.55 Å². The van der Waals surface area contributed by atoms with Crippen LogP contribution < -0.4 is 15.0 Å². The second-order valence-corrected chi connectivity index (χ2v) is 7.06. The third-order valence-corrected chi connectivity index (χ3v) is 4.81. The summed E-state index contributed by atoms with van der Waals surface area (Å²) in [7, 11) is 0. The van der Waals surface area contributed by atoms with Gasteiger partial charge >= 0.3 is 0 Å². The second kappa shape index (κ2) is 6.26. The van der Waals surface area contributed by atoms with Gasteiger partial charge in [-0.15, -0.1) is 0 Å². The molecule has 0 bridgehead atoms. The number of benzene rings is 2. The monoisotopic (exact) mass is 466 g/mol. The highest BCUT2D eigenvalue weighted by atomic mass is 127. The Morgan fingerprint density at radius 1 is 1.12 bits per heavy atom. The van der Waals surface area contributed by atoms with Crippen molar-refractivity contribution in [3.63, 3.8) is 0 Å². The molecule has 1 aliphatic rings. The topological polar surface area (TPSA) is 73.3 Å². The predicted octanol–water partition coefficient (Wildman–Crippen LogP) is 3.12. The van der Waals surface area contributed by atoms with Gasteiger partial charge in [-0.2, -0.15) is 0 Å². The summed E-state index contributed by atoms with van der Waals surface area (Å²) < 4.78 is 12.9. The van der Waals surface area contributed by atoms with Crippen LogP contribution in [0.5, 0.6) is 11.5 Å². The van der Waals surface area contributed by atoms with E-state index in [2.05, 4.69) is 27.6 Å². The van der Waals surface area contributed by atoms with Crippen LogP contribution in [0.2, 0.25) is 0 Å². The van der Waals surface area contributed by atoms with Crippen molar-refractivity contribution in [2.75, 3.05) is 13.2 Å². The minimum Gasteiger partial charge on any atom is -0.486 e.